The molecule has 9 nitrogen and oxygen atoms in total. The van der Waals surface area contributed by atoms with Crippen LogP contribution in [0.1, 0.15) is 60.9 Å². The minimum atomic E-state index is -0.312. The van der Waals surface area contributed by atoms with Crippen molar-refractivity contribution >= 4 is 23.7 Å². The van der Waals surface area contributed by atoms with Crippen molar-refractivity contribution in [2.75, 3.05) is 46.1 Å². The largest absolute Gasteiger partial charge is 0.355 e. The minimum absolute atomic E-state index is 0.0366. The van der Waals surface area contributed by atoms with Crippen LogP contribution < -0.4 is 10.6 Å². The predicted octanol–water partition coefficient (Wildman–Crippen LogP) is 3.69. The number of urea groups is 1. The first kappa shape index (κ1) is 27.1. The van der Waals surface area contributed by atoms with Crippen LogP contribution in [-0.2, 0) is 10.3 Å². The number of pyridine rings is 1. The van der Waals surface area contributed by atoms with Gasteiger partial charge in [0.05, 0.1) is 5.54 Å². The number of rotatable bonds is 8. The third kappa shape index (κ3) is 5.24. The van der Waals surface area contributed by atoms with E-state index in [9.17, 15) is 14.4 Å². The summed E-state index contributed by atoms with van der Waals surface area (Å²) < 4.78 is 0. The minimum Gasteiger partial charge on any atom is -0.355 e. The average molecular weight is 533 g/mol. The number of carbonyl (C=O) groups is 3. The van der Waals surface area contributed by atoms with Crippen LogP contribution in [0.2, 0.25) is 0 Å². The number of nitrogens with one attached hydrogen (secondary N) is 2. The summed E-state index contributed by atoms with van der Waals surface area (Å²) in [6.45, 7) is 1.29. The van der Waals surface area contributed by atoms with Gasteiger partial charge in [0.25, 0.3) is 5.91 Å². The molecule has 4 amide bonds. The van der Waals surface area contributed by atoms with Gasteiger partial charge in [-0.1, -0.05) is 36.8 Å². The fourth-order valence-electron chi connectivity index (χ4n) is 6.65. The van der Waals surface area contributed by atoms with E-state index in [1.807, 2.05) is 0 Å². The summed E-state index contributed by atoms with van der Waals surface area (Å²) in [5, 5.41) is 5.35. The van der Waals surface area contributed by atoms with E-state index < -0.39 is 0 Å². The third-order valence-corrected chi connectivity index (χ3v) is 9.25. The average Bonchev–Trinajstić information content (AvgIpc) is 3.16. The highest BCUT2D eigenvalue weighted by Gasteiger charge is 2.55. The van der Waals surface area contributed by atoms with E-state index in [0.29, 0.717) is 23.8 Å². The van der Waals surface area contributed by atoms with E-state index in [0.717, 1.165) is 32.2 Å². The van der Waals surface area contributed by atoms with Crippen LogP contribution in [0.15, 0.2) is 48.7 Å². The van der Waals surface area contributed by atoms with Gasteiger partial charge >= 0.3 is 6.03 Å². The van der Waals surface area contributed by atoms with Gasteiger partial charge in [0.2, 0.25) is 5.91 Å². The van der Waals surface area contributed by atoms with Crippen molar-refractivity contribution in [3.8, 4) is 0 Å². The maximum Gasteiger partial charge on any atom is 0.321 e. The van der Waals surface area contributed by atoms with Gasteiger partial charge in [0.15, 0.2) is 0 Å². The lowest BCUT2D eigenvalue weighted by Crippen LogP contribution is -2.56. The van der Waals surface area contributed by atoms with E-state index in [1.165, 1.54) is 31.0 Å². The molecule has 9 heteroatoms. The van der Waals surface area contributed by atoms with E-state index in [4.69, 9.17) is 0 Å². The second kappa shape index (κ2) is 11.0. The fraction of sp³-hybridized carbons (Fsp3) is 0.533. The summed E-state index contributed by atoms with van der Waals surface area (Å²) in [6.07, 6.45) is 8.74. The van der Waals surface area contributed by atoms with Gasteiger partial charge in [0, 0.05) is 37.4 Å². The molecular weight excluding hydrogens is 492 g/mol. The summed E-state index contributed by atoms with van der Waals surface area (Å²) >= 11 is 0. The highest BCUT2D eigenvalue weighted by Crippen LogP contribution is 2.49. The topological polar surface area (TPSA) is 97.9 Å². The molecule has 2 N–H and O–H groups in total. The van der Waals surface area contributed by atoms with Crippen LogP contribution in [0.3, 0.4) is 0 Å². The normalized spacial score (nSPS) is 25.2. The Morgan fingerprint density at radius 1 is 1.08 bits per heavy atom. The van der Waals surface area contributed by atoms with E-state index in [-0.39, 0.29) is 35.5 Å². The molecular formula is C30H40N6O3. The number of aromatic nitrogens is 1. The highest BCUT2D eigenvalue weighted by atomic mass is 16.2. The summed E-state index contributed by atoms with van der Waals surface area (Å²) in [4.78, 5) is 49.1. The maximum absolute atomic E-state index is 13.8. The Bertz CT molecular complexity index is 1200. The van der Waals surface area contributed by atoms with Crippen molar-refractivity contribution in [1.29, 1.82) is 0 Å². The molecule has 2 aliphatic carbocycles. The Hall–Kier alpha value is -3.46. The van der Waals surface area contributed by atoms with Crippen LogP contribution in [0.4, 0.5) is 10.6 Å². The van der Waals surface area contributed by atoms with Gasteiger partial charge in [-0.05, 0) is 76.2 Å². The van der Waals surface area contributed by atoms with Gasteiger partial charge in [0.1, 0.15) is 12.4 Å². The van der Waals surface area contributed by atoms with Crippen molar-refractivity contribution < 1.29 is 14.4 Å². The lowest BCUT2D eigenvalue weighted by Gasteiger charge is -2.51. The van der Waals surface area contributed by atoms with Crippen molar-refractivity contribution in [3.05, 3.63) is 59.8 Å². The third-order valence-electron chi connectivity index (χ3n) is 9.25. The molecule has 0 atom stereocenters. The number of carbonyl (C=O) groups excluding carboxylic acids is 3. The van der Waals surface area contributed by atoms with Gasteiger partial charge in [-0.3, -0.25) is 14.5 Å². The number of hydrogen-bond donors (Lipinski definition) is 2. The fourth-order valence-corrected chi connectivity index (χ4v) is 6.65. The molecule has 2 heterocycles. The molecule has 1 aromatic heterocycles. The molecule has 0 radical (unpaired) electrons. The molecule has 3 aliphatic rings. The monoisotopic (exact) mass is 532 g/mol. The Balaban J connectivity index is 1.32. The maximum atomic E-state index is 13.8. The van der Waals surface area contributed by atoms with E-state index >= 15 is 0 Å². The van der Waals surface area contributed by atoms with Crippen molar-refractivity contribution in [2.45, 2.75) is 56.0 Å². The SMILES string of the molecule is CNC(=O)c1ccnc(NC(=O)CN2CC3(CCC(c4ccccc4)(N(C)C)CC3)N(CC3CCC3)C2=O)c1. The molecule has 5 rings (SSSR count). The van der Waals surface area contributed by atoms with Crippen LogP contribution in [-0.4, -0.2) is 83.8 Å². The quantitative estimate of drug-likeness (QED) is 0.541. The number of amides is 4. The van der Waals surface area contributed by atoms with Crippen molar-refractivity contribution in [2.24, 2.45) is 5.92 Å². The summed E-state index contributed by atoms with van der Waals surface area (Å²) in [6, 6.07) is 13.8. The van der Waals surface area contributed by atoms with E-state index in [2.05, 4.69) is 69.8 Å². The standard InChI is InChI=1S/C30H40N6O3/c1-31-27(38)23-12-17-32-25(18-23)33-26(37)20-35-21-29(36(28(35)39)19-22-8-7-9-22)13-15-30(16-14-29,34(2)3)24-10-5-4-6-11-24/h4-6,10-12,17-18,22H,7-9,13-16,19-21H2,1-3H3,(H,31,38)(H,32,33,37). The Kier molecular flexibility index (Phi) is 7.62. The molecule has 0 bridgehead atoms. The van der Waals surface area contributed by atoms with Crippen LogP contribution in [0, 0.1) is 5.92 Å². The number of benzene rings is 1. The predicted molar refractivity (Wildman–Crippen MR) is 150 cm³/mol. The van der Waals surface area contributed by atoms with Crippen LogP contribution in [0.25, 0.3) is 0 Å². The second-order valence-electron chi connectivity index (χ2n) is 11.6. The smallest absolute Gasteiger partial charge is 0.321 e. The molecule has 1 spiro atoms. The van der Waals surface area contributed by atoms with Gasteiger partial charge < -0.3 is 20.4 Å². The van der Waals surface area contributed by atoms with Gasteiger partial charge in [-0.2, -0.15) is 0 Å². The zero-order valence-corrected chi connectivity index (χ0v) is 23.3. The Morgan fingerprint density at radius 2 is 1.79 bits per heavy atom. The number of anilines is 1. The highest BCUT2D eigenvalue weighted by molar-refractivity contribution is 5.97. The van der Waals surface area contributed by atoms with Crippen LogP contribution in [0.5, 0.6) is 0 Å². The Morgan fingerprint density at radius 3 is 2.41 bits per heavy atom. The van der Waals surface area contributed by atoms with Crippen LogP contribution >= 0.6 is 0 Å². The first-order valence-corrected chi connectivity index (χ1v) is 14.0. The molecule has 0 unspecified atom stereocenters. The van der Waals surface area contributed by atoms with Crippen molar-refractivity contribution in [1.82, 2.24) is 25.0 Å². The summed E-state index contributed by atoms with van der Waals surface area (Å²) in [5.41, 5.74) is 1.40. The molecule has 39 heavy (non-hydrogen) atoms. The zero-order chi connectivity index (χ0) is 27.6. The second-order valence-corrected chi connectivity index (χ2v) is 11.6. The Labute approximate surface area is 230 Å². The lowest BCUT2D eigenvalue weighted by molar-refractivity contribution is -0.116. The van der Waals surface area contributed by atoms with Crippen molar-refractivity contribution in [3.63, 3.8) is 0 Å². The molecule has 3 fully saturated rings. The molecule has 1 saturated heterocycles. The van der Waals surface area contributed by atoms with E-state index in [1.54, 1.807) is 24.1 Å². The molecule has 208 valence electrons. The molecule has 1 aliphatic heterocycles. The number of nitrogens with zero attached hydrogens (tertiary/aromatic N) is 4. The first-order chi connectivity index (χ1) is 18.8. The first-order valence-electron chi connectivity index (χ1n) is 14.0. The molecule has 2 aromatic rings. The lowest BCUT2D eigenvalue weighted by atomic mass is 9.68. The molecule has 2 saturated carbocycles. The molecule has 1 aromatic carbocycles. The summed E-state index contributed by atoms with van der Waals surface area (Å²) in [7, 11) is 5.86. The van der Waals surface area contributed by atoms with Gasteiger partial charge in [-0.15, -0.1) is 0 Å². The number of hydrogen-bond acceptors (Lipinski definition) is 5. The zero-order valence-electron chi connectivity index (χ0n) is 23.3. The summed E-state index contributed by atoms with van der Waals surface area (Å²) in [5.74, 6) is 0.280. The van der Waals surface area contributed by atoms with Gasteiger partial charge in [-0.25, -0.2) is 9.78 Å².